The first-order valence-electron chi connectivity index (χ1n) is 5.36. The maximum Gasteiger partial charge on any atom is 0.124 e. The molecule has 0 saturated heterocycles. The molecule has 0 aromatic heterocycles. The van der Waals surface area contributed by atoms with E-state index in [1.54, 1.807) is 0 Å². The molecule has 0 saturated carbocycles. The highest BCUT2D eigenvalue weighted by atomic mass is 35.5. The highest BCUT2D eigenvalue weighted by Gasteiger charge is 2.18. The topological polar surface area (TPSA) is 44.5 Å². The summed E-state index contributed by atoms with van der Waals surface area (Å²) in [5, 5.41) is 0. The minimum absolute atomic E-state index is 0. The fourth-order valence-corrected chi connectivity index (χ4v) is 1.74. The van der Waals surface area contributed by atoms with Gasteiger partial charge in [-0.3, -0.25) is 0 Å². The quantitative estimate of drug-likeness (QED) is 0.869. The summed E-state index contributed by atoms with van der Waals surface area (Å²) >= 11 is 0. The number of rotatable bonds is 2. The standard InChI is InChI=1S/C12H17NO2.ClH/c1-8(2)15-9-3-4-12-10(7-9)11(13)5-6-14-12;/h3-4,7-8,11H,5-6,13H2,1-2H3;1H/t11-;/m1./s1. The molecule has 0 bridgehead atoms. The maximum atomic E-state index is 6.01. The summed E-state index contributed by atoms with van der Waals surface area (Å²) in [7, 11) is 0. The van der Waals surface area contributed by atoms with Crippen LogP contribution in [0.3, 0.4) is 0 Å². The van der Waals surface area contributed by atoms with Crippen LogP contribution in [0.15, 0.2) is 18.2 Å². The van der Waals surface area contributed by atoms with Gasteiger partial charge < -0.3 is 15.2 Å². The molecule has 0 amide bonds. The van der Waals surface area contributed by atoms with Crippen LogP contribution in [0.2, 0.25) is 0 Å². The largest absolute Gasteiger partial charge is 0.493 e. The van der Waals surface area contributed by atoms with E-state index in [0.29, 0.717) is 6.61 Å². The van der Waals surface area contributed by atoms with Gasteiger partial charge in [0.05, 0.1) is 12.7 Å². The molecule has 1 aromatic rings. The number of ether oxygens (including phenoxy) is 2. The molecule has 16 heavy (non-hydrogen) atoms. The van der Waals surface area contributed by atoms with E-state index in [2.05, 4.69) is 0 Å². The molecule has 4 heteroatoms. The second kappa shape index (κ2) is 5.41. The predicted octanol–water partition coefficient (Wildman–Crippen LogP) is 2.68. The van der Waals surface area contributed by atoms with Crippen molar-refractivity contribution >= 4 is 12.4 Å². The molecule has 1 heterocycles. The van der Waals surface area contributed by atoms with Crippen LogP contribution in [-0.2, 0) is 0 Å². The molecular weight excluding hydrogens is 226 g/mol. The summed E-state index contributed by atoms with van der Waals surface area (Å²) in [6.07, 6.45) is 1.06. The van der Waals surface area contributed by atoms with Crippen molar-refractivity contribution in [1.29, 1.82) is 0 Å². The van der Waals surface area contributed by atoms with E-state index in [1.807, 2.05) is 32.0 Å². The first-order valence-corrected chi connectivity index (χ1v) is 5.36. The minimum atomic E-state index is 0. The third-order valence-electron chi connectivity index (χ3n) is 2.44. The Balaban J connectivity index is 0.00000128. The first-order chi connectivity index (χ1) is 7.16. The van der Waals surface area contributed by atoms with Gasteiger partial charge in [-0.25, -0.2) is 0 Å². The van der Waals surface area contributed by atoms with Gasteiger partial charge in [0.25, 0.3) is 0 Å². The maximum absolute atomic E-state index is 6.01. The normalized spacial score (nSPS) is 18.4. The summed E-state index contributed by atoms with van der Waals surface area (Å²) in [4.78, 5) is 0. The zero-order valence-corrected chi connectivity index (χ0v) is 10.4. The molecule has 0 unspecified atom stereocenters. The first kappa shape index (κ1) is 13.1. The van der Waals surface area contributed by atoms with Gasteiger partial charge in [-0.05, 0) is 32.0 Å². The van der Waals surface area contributed by atoms with Gasteiger partial charge in [-0.2, -0.15) is 0 Å². The molecule has 0 radical (unpaired) electrons. The van der Waals surface area contributed by atoms with Crippen molar-refractivity contribution < 1.29 is 9.47 Å². The average Bonchev–Trinajstić information content (AvgIpc) is 2.18. The molecule has 90 valence electrons. The number of halogens is 1. The van der Waals surface area contributed by atoms with Crippen molar-refractivity contribution in [2.75, 3.05) is 6.61 Å². The van der Waals surface area contributed by atoms with E-state index in [1.165, 1.54) is 0 Å². The Morgan fingerprint density at radius 1 is 1.44 bits per heavy atom. The molecule has 1 aliphatic rings. The van der Waals surface area contributed by atoms with Crippen molar-refractivity contribution in [3.05, 3.63) is 23.8 Å². The van der Waals surface area contributed by atoms with E-state index < -0.39 is 0 Å². The SMILES string of the molecule is CC(C)Oc1ccc2c(c1)[C@H](N)CCO2.Cl. The Hall–Kier alpha value is -0.930. The molecule has 2 N–H and O–H groups in total. The zero-order valence-electron chi connectivity index (χ0n) is 9.60. The van der Waals surface area contributed by atoms with Crippen LogP contribution < -0.4 is 15.2 Å². The highest BCUT2D eigenvalue weighted by molar-refractivity contribution is 5.85. The van der Waals surface area contributed by atoms with Gasteiger partial charge in [-0.15, -0.1) is 12.4 Å². The van der Waals surface area contributed by atoms with Crippen LogP contribution in [0.4, 0.5) is 0 Å². The number of fused-ring (bicyclic) bond motifs is 1. The lowest BCUT2D eigenvalue weighted by atomic mass is 10.0. The van der Waals surface area contributed by atoms with Crippen molar-refractivity contribution in [1.82, 2.24) is 0 Å². The predicted molar refractivity (Wildman–Crippen MR) is 66.5 cm³/mol. The smallest absolute Gasteiger partial charge is 0.124 e. The Morgan fingerprint density at radius 3 is 2.88 bits per heavy atom. The van der Waals surface area contributed by atoms with Gasteiger partial charge in [0.1, 0.15) is 11.5 Å². The van der Waals surface area contributed by atoms with Crippen LogP contribution in [0.5, 0.6) is 11.5 Å². The molecule has 0 fully saturated rings. The van der Waals surface area contributed by atoms with Crippen LogP contribution in [-0.4, -0.2) is 12.7 Å². The Kier molecular flexibility index (Phi) is 4.44. The number of hydrogen-bond donors (Lipinski definition) is 1. The Bertz CT molecular complexity index is 355. The molecule has 2 rings (SSSR count). The second-order valence-electron chi connectivity index (χ2n) is 4.11. The molecule has 3 nitrogen and oxygen atoms in total. The van der Waals surface area contributed by atoms with Gasteiger partial charge in [0.2, 0.25) is 0 Å². The summed E-state index contributed by atoms with van der Waals surface area (Å²) in [5.41, 5.74) is 7.07. The Labute approximate surface area is 102 Å². The van der Waals surface area contributed by atoms with E-state index in [-0.39, 0.29) is 24.6 Å². The molecular formula is C12H18ClNO2. The Morgan fingerprint density at radius 2 is 2.19 bits per heavy atom. The van der Waals surface area contributed by atoms with Gasteiger partial charge >= 0.3 is 0 Å². The third kappa shape index (κ3) is 2.80. The van der Waals surface area contributed by atoms with E-state index in [4.69, 9.17) is 15.2 Å². The molecule has 1 atom stereocenters. The molecule has 0 aliphatic carbocycles. The van der Waals surface area contributed by atoms with Gasteiger partial charge in [0.15, 0.2) is 0 Å². The zero-order chi connectivity index (χ0) is 10.8. The summed E-state index contributed by atoms with van der Waals surface area (Å²) < 4.78 is 11.1. The molecule has 1 aliphatic heterocycles. The number of hydrogen-bond acceptors (Lipinski definition) is 3. The van der Waals surface area contributed by atoms with Crippen LogP contribution in [0.25, 0.3) is 0 Å². The lowest BCUT2D eigenvalue weighted by Gasteiger charge is -2.23. The van der Waals surface area contributed by atoms with E-state index in [9.17, 15) is 0 Å². The van der Waals surface area contributed by atoms with Crippen molar-refractivity contribution in [3.63, 3.8) is 0 Å². The average molecular weight is 244 g/mol. The van der Waals surface area contributed by atoms with E-state index >= 15 is 0 Å². The van der Waals surface area contributed by atoms with E-state index in [0.717, 1.165) is 23.5 Å². The number of nitrogens with two attached hydrogens (primary N) is 1. The van der Waals surface area contributed by atoms with Crippen LogP contribution >= 0.6 is 12.4 Å². The summed E-state index contributed by atoms with van der Waals surface area (Å²) in [6.45, 7) is 4.73. The fourth-order valence-electron chi connectivity index (χ4n) is 1.74. The lowest BCUT2D eigenvalue weighted by molar-refractivity contribution is 0.238. The number of benzene rings is 1. The van der Waals surface area contributed by atoms with Gasteiger partial charge in [-0.1, -0.05) is 0 Å². The summed E-state index contributed by atoms with van der Waals surface area (Å²) in [6, 6.07) is 5.92. The van der Waals surface area contributed by atoms with Crippen molar-refractivity contribution in [3.8, 4) is 11.5 Å². The van der Waals surface area contributed by atoms with Crippen LogP contribution in [0, 0.1) is 0 Å². The van der Waals surface area contributed by atoms with Gasteiger partial charge in [0, 0.05) is 18.0 Å². The third-order valence-corrected chi connectivity index (χ3v) is 2.44. The summed E-state index contributed by atoms with van der Waals surface area (Å²) in [5.74, 6) is 1.76. The second-order valence-corrected chi connectivity index (χ2v) is 4.11. The van der Waals surface area contributed by atoms with Crippen molar-refractivity contribution in [2.24, 2.45) is 5.73 Å². The molecule has 0 spiro atoms. The highest BCUT2D eigenvalue weighted by Crippen LogP contribution is 2.33. The minimum Gasteiger partial charge on any atom is -0.493 e. The fraction of sp³-hybridized carbons (Fsp3) is 0.500. The lowest BCUT2D eigenvalue weighted by Crippen LogP contribution is -2.20. The van der Waals surface area contributed by atoms with Crippen molar-refractivity contribution in [2.45, 2.75) is 32.4 Å². The van der Waals surface area contributed by atoms with Crippen LogP contribution in [0.1, 0.15) is 31.9 Å². The monoisotopic (exact) mass is 243 g/mol. The molecule has 1 aromatic carbocycles.